The van der Waals surface area contributed by atoms with Gasteiger partial charge < -0.3 is 10.5 Å². The molecule has 1 fully saturated rings. The van der Waals surface area contributed by atoms with E-state index in [1.807, 2.05) is 24.3 Å². The zero-order valence-corrected chi connectivity index (χ0v) is 9.23. The second-order valence-corrected chi connectivity index (χ2v) is 4.26. The number of rotatable bonds is 2. The number of ether oxygens (including phenoxy) is 1. The number of nitriles is 1. The van der Waals surface area contributed by atoms with Crippen LogP contribution in [0, 0.1) is 17.2 Å². The van der Waals surface area contributed by atoms with Crippen LogP contribution in [0.3, 0.4) is 0 Å². The topological polar surface area (TPSA) is 59.0 Å². The van der Waals surface area contributed by atoms with Gasteiger partial charge in [0.05, 0.1) is 18.2 Å². The molecule has 16 heavy (non-hydrogen) atoms. The number of nitrogens with zero attached hydrogens (tertiary/aromatic N) is 1. The minimum atomic E-state index is 0.195. The van der Waals surface area contributed by atoms with Crippen molar-refractivity contribution < 1.29 is 4.74 Å². The molecule has 1 aliphatic rings. The Balaban J connectivity index is 2.11. The summed E-state index contributed by atoms with van der Waals surface area (Å²) in [5.74, 6) is 0.336. The smallest absolute Gasteiger partial charge is 0.0994 e. The molecule has 2 atom stereocenters. The molecule has 0 amide bonds. The van der Waals surface area contributed by atoms with Crippen LogP contribution in [0.15, 0.2) is 24.3 Å². The van der Waals surface area contributed by atoms with Gasteiger partial charge in [0.15, 0.2) is 0 Å². The van der Waals surface area contributed by atoms with E-state index in [1.54, 1.807) is 0 Å². The maximum absolute atomic E-state index is 9.00. The molecule has 0 bridgehead atoms. The van der Waals surface area contributed by atoms with Gasteiger partial charge in [-0.25, -0.2) is 0 Å². The standard InChI is InChI=1S/C13H16N2O/c14-8-11-4-2-1-3-10(11)7-12-9-16-6-5-13(12)15/h1-4,12-13H,5-7,9,15H2/t12-,13+/m1/s1. The van der Waals surface area contributed by atoms with E-state index in [2.05, 4.69) is 6.07 Å². The Morgan fingerprint density at radius 1 is 1.44 bits per heavy atom. The molecular weight excluding hydrogens is 200 g/mol. The minimum Gasteiger partial charge on any atom is -0.381 e. The summed E-state index contributed by atoms with van der Waals surface area (Å²) < 4.78 is 5.44. The summed E-state index contributed by atoms with van der Waals surface area (Å²) >= 11 is 0. The number of hydrogen-bond acceptors (Lipinski definition) is 3. The lowest BCUT2D eigenvalue weighted by Crippen LogP contribution is -2.39. The van der Waals surface area contributed by atoms with Crippen molar-refractivity contribution in [2.24, 2.45) is 11.7 Å². The molecular formula is C13H16N2O. The van der Waals surface area contributed by atoms with Crippen LogP contribution in [0.2, 0.25) is 0 Å². The molecule has 1 aromatic carbocycles. The first-order chi connectivity index (χ1) is 7.81. The van der Waals surface area contributed by atoms with Gasteiger partial charge in [-0.05, 0) is 24.5 Å². The molecule has 0 aliphatic carbocycles. The zero-order chi connectivity index (χ0) is 11.4. The third-order valence-electron chi connectivity index (χ3n) is 3.15. The zero-order valence-electron chi connectivity index (χ0n) is 9.23. The lowest BCUT2D eigenvalue weighted by atomic mass is 9.88. The molecule has 0 radical (unpaired) electrons. The molecule has 1 heterocycles. The van der Waals surface area contributed by atoms with Crippen LogP contribution < -0.4 is 5.73 Å². The molecule has 0 aromatic heterocycles. The molecule has 0 spiro atoms. The molecule has 1 aliphatic heterocycles. The van der Waals surface area contributed by atoms with Gasteiger partial charge in [-0.15, -0.1) is 0 Å². The normalized spacial score (nSPS) is 25.0. The van der Waals surface area contributed by atoms with Gasteiger partial charge in [0.2, 0.25) is 0 Å². The fourth-order valence-electron chi connectivity index (χ4n) is 2.11. The van der Waals surface area contributed by atoms with Gasteiger partial charge in [-0.1, -0.05) is 18.2 Å². The molecule has 1 aromatic rings. The van der Waals surface area contributed by atoms with Crippen LogP contribution in [-0.2, 0) is 11.2 Å². The predicted molar refractivity (Wildman–Crippen MR) is 61.8 cm³/mol. The fraction of sp³-hybridized carbons (Fsp3) is 0.462. The molecule has 3 heteroatoms. The Morgan fingerprint density at radius 3 is 3.00 bits per heavy atom. The van der Waals surface area contributed by atoms with E-state index in [-0.39, 0.29) is 6.04 Å². The summed E-state index contributed by atoms with van der Waals surface area (Å²) in [7, 11) is 0. The lowest BCUT2D eigenvalue weighted by Gasteiger charge is -2.28. The van der Waals surface area contributed by atoms with Crippen LogP contribution in [0.5, 0.6) is 0 Å². The monoisotopic (exact) mass is 216 g/mol. The Morgan fingerprint density at radius 2 is 2.25 bits per heavy atom. The SMILES string of the molecule is N#Cc1ccccc1C[C@@H]1COCC[C@@H]1N. The summed E-state index contributed by atoms with van der Waals surface area (Å²) in [5.41, 5.74) is 7.89. The fourth-order valence-corrected chi connectivity index (χ4v) is 2.11. The van der Waals surface area contributed by atoms with Crippen molar-refractivity contribution in [2.45, 2.75) is 18.9 Å². The Kier molecular flexibility index (Phi) is 3.55. The predicted octanol–water partition coefficient (Wildman–Crippen LogP) is 1.46. The number of nitrogens with two attached hydrogens (primary N) is 1. The van der Waals surface area contributed by atoms with E-state index in [9.17, 15) is 0 Å². The van der Waals surface area contributed by atoms with Crippen molar-refractivity contribution in [1.29, 1.82) is 5.26 Å². The van der Waals surface area contributed by atoms with E-state index in [4.69, 9.17) is 15.7 Å². The summed E-state index contributed by atoms with van der Waals surface area (Å²) in [6, 6.07) is 10.1. The highest BCUT2D eigenvalue weighted by Gasteiger charge is 2.23. The second kappa shape index (κ2) is 5.11. The Bertz CT molecular complexity index is 397. The highest BCUT2D eigenvalue weighted by atomic mass is 16.5. The highest BCUT2D eigenvalue weighted by Crippen LogP contribution is 2.20. The third kappa shape index (κ3) is 2.41. The van der Waals surface area contributed by atoms with Crippen molar-refractivity contribution in [3.63, 3.8) is 0 Å². The molecule has 2 N–H and O–H groups in total. The van der Waals surface area contributed by atoms with Gasteiger partial charge in [0.25, 0.3) is 0 Å². The Hall–Kier alpha value is -1.37. The largest absolute Gasteiger partial charge is 0.381 e. The van der Waals surface area contributed by atoms with Crippen LogP contribution >= 0.6 is 0 Å². The van der Waals surface area contributed by atoms with Gasteiger partial charge in [-0.2, -0.15) is 5.26 Å². The van der Waals surface area contributed by atoms with E-state index in [1.165, 1.54) is 0 Å². The van der Waals surface area contributed by atoms with Crippen molar-refractivity contribution in [2.75, 3.05) is 13.2 Å². The first kappa shape index (κ1) is 11.1. The maximum atomic E-state index is 9.00. The Labute approximate surface area is 95.8 Å². The van der Waals surface area contributed by atoms with E-state index in [0.29, 0.717) is 12.5 Å². The minimum absolute atomic E-state index is 0.195. The van der Waals surface area contributed by atoms with Gasteiger partial charge in [0, 0.05) is 18.6 Å². The van der Waals surface area contributed by atoms with E-state index < -0.39 is 0 Å². The lowest BCUT2D eigenvalue weighted by molar-refractivity contribution is 0.0422. The highest BCUT2D eigenvalue weighted by molar-refractivity contribution is 5.37. The second-order valence-electron chi connectivity index (χ2n) is 4.26. The van der Waals surface area contributed by atoms with Crippen LogP contribution in [0.1, 0.15) is 17.5 Å². The van der Waals surface area contributed by atoms with E-state index in [0.717, 1.165) is 30.6 Å². The molecule has 0 saturated carbocycles. The number of benzene rings is 1. The molecule has 1 saturated heterocycles. The van der Waals surface area contributed by atoms with Crippen molar-refractivity contribution in [3.05, 3.63) is 35.4 Å². The molecule has 0 unspecified atom stereocenters. The maximum Gasteiger partial charge on any atom is 0.0994 e. The van der Waals surface area contributed by atoms with Gasteiger partial charge in [-0.3, -0.25) is 0 Å². The molecule has 3 nitrogen and oxygen atoms in total. The summed E-state index contributed by atoms with van der Waals surface area (Å²) in [5, 5.41) is 9.00. The van der Waals surface area contributed by atoms with Crippen molar-refractivity contribution in [3.8, 4) is 6.07 Å². The van der Waals surface area contributed by atoms with E-state index >= 15 is 0 Å². The first-order valence-corrected chi connectivity index (χ1v) is 5.62. The average molecular weight is 216 g/mol. The summed E-state index contributed by atoms with van der Waals surface area (Å²) in [6.45, 7) is 1.47. The van der Waals surface area contributed by atoms with Crippen molar-refractivity contribution >= 4 is 0 Å². The number of hydrogen-bond donors (Lipinski definition) is 1. The van der Waals surface area contributed by atoms with Crippen LogP contribution in [0.4, 0.5) is 0 Å². The van der Waals surface area contributed by atoms with Gasteiger partial charge in [0.1, 0.15) is 0 Å². The average Bonchev–Trinajstić information content (AvgIpc) is 2.33. The summed E-state index contributed by atoms with van der Waals surface area (Å²) in [4.78, 5) is 0. The van der Waals surface area contributed by atoms with Gasteiger partial charge >= 0.3 is 0 Å². The quantitative estimate of drug-likeness (QED) is 0.814. The third-order valence-corrected chi connectivity index (χ3v) is 3.15. The van der Waals surface area contributed by atoms with Crippen LogP contribution in [-0.4, -0.2) is 19.3 Å². The van der Waals surface area contributed by atoms with Crippen molar-refractivity contribution in [1.82, 2.24) is 0 Å². The molecule has 2 rings (SSSR count). The summed E-state index contributed by atoms with van der Waals surface area (Å²) in [6.07, 6.45) is 1.75. The van der Waals surface area contributed by atoms with Crippen LogP contribution in [0.25, 0.3) is 0 Å². The molecule has 84 valence electrons. The first-order valence-electron chi connectivity index (χ1n) is 5.62.